The van der Waals surface area contributed by atoms with Crippen molar-refractivity contribution in [1.29, 1.82) is 0 Å². The van der Waals surface area contributed by atoms with Crippen LogP contribution < -0.4 is 0 Å². The molecule has 12 heavy (non-hydrogen) atoms. The highest BCUT2D eigenvalue weighted by atomic mass is 127. The van der Waals surface area contributed by atoms with E-state index in [1.807, 2.05) is 35.0 Å². The molecule has 0 aliphatic heterocycles. The van der Waals surface area contributed by atoms with Crippen LogP contribution >= 0.6 is 22.9 Å². The molecule has 0 aliphatic carbocycles. The van der Waals surface area contributed by atoms with Gasteiger partial charge in [-0.2, -0.15) is 0 Å². The monoisotopic (exact) mass is 273 g/mol. The van der Waals surface area contributed by atoms with Crippen LogP contribution in [-0.4, -0.2) is 12.0 Å². The van der Waals surface area contributed by atoms with E-state index in [1.165, 1.54) is 0 Å². The second-order valence-electron chi connectivity index (χ2n) is 2.40. The van der Waals surface area contributed by atoms with Gasteiger partial charge in [-0.15, -0.1) is 0 Å². The molecular formula is C9H8INO. The van der Waals surface area contributed by atoms with E-state index < -0.39 is 0 Å². The number of halogens is 1. The maximum absolute atomic E-state index is 10.9. The fourth-order valence-electron chi connectivity index (χ4n) is 0.860. The van der Waals surface area contributed by atoms with Crippen molar-refractivity contribution in [2.45, 2.75) is 6.92 Å². The molecule has 2 nitrogen and oxygen atoms in total. The van der Waals surface area contributed by atoms with E-state index >= 15 is 0 Å². The first kappa shape index (κ1) is 9.38. The quantitative estimate of drug-likeness (QED) is 0.462. The fraction of sp³-hybridized carbons (Fsp3) is 0.111. The average Bonchev–Trinajstić information content (AvgIpc) is 2.06. The van der Waals surface area contributed by atoms with Gasteiger partial charge in [-0.05, 0) is 12.5 Å². The zero-order valence-corrected chi connectivity index (χ0v) is 8.78. The lowest BCUT2D eigenvalue weighted by atomic mass is 10.1. The van der Waals surface area contributed by atoms with E-state index in [4.69, 9.17) is 0 Å². The molecule has 62 valence electrons. The number of nitrogens with zero attached hydrogens (tertiary/aromatic N) is 1. The number of carbonyl (C=O) groups is 1. The number of hydrogen-bond donors (Lipinski definition) is 0. The fourth-order valence-corrected chi connectivity index (χ4v) is 1.18. The molecule has 0 saturated carbocycles. The maximum atomic E-state index is 10.9. The second-order valence-corrected chi connectivity index (χ2v) is 2.96. The summed E-state index contributed by atoms with van der Waals surface area (Å²) in [6.45, 7) is 1.56. The van der Waals surface area contributed by atoms with E-state index in [9.17, 15) is 4.79 Å². The molecule has 0 unspecified atom stereocenters. The Morgan fingerprint density at radius 3 is 2.42 bits per heavy atom. The van der Waals surface area contributed by atoms with Gasteiger partial charge in [-0.25, -0.2) is 3.21 Å². The minimum absolute atomic E-state index is 0.0907. The lowest BCUT2D eigenvalue weighted by Crippen LogP contribution is -1.91. The van der Waals surface area contributed by atoms with Crippen molar-refractivity contribution in [3.63, 3.8) is 0 Å². The largest absolute Gasteiger partial charge is 0.295 e. The molecule has 1 aromatic rings. The van der Waals surface area contributed by atoms with Crippen LogP contribution in [0, 0.1) is 0 Å². The molecule has 0 aliphatic rings. The van der Waals surface area contributed by atoms with E-state index in [-0.39, 0.29) is 5.78 Å². The first-order valence-corrected chi connectivity index (χ1v) is 4.46. The van der Waals surface area contributed by atoms with Crippen molar-refractivity contribution in [2.75, 3.05) is 0 Å². The molecule has 0 spiro atoms. The number of benzene rings is 1. The lowest BCUT2D eigenvalue weighted by Gasteiger charge is -1.94. The van der Waals surface area contributed by atoms with Gasteiger partial charge < -0.3 is 0 Å². The Morgan fingerprint density at radius 2 is 2.00 bits per heavy atom. The SMILES string of the molecule is CC(=O)c1ccc(/C=N/I)cc1. The van der Waals surface area contributed by atoms with Crippen molar-refractivity contribution in [3.05, 3.63) is 35.4 Å². The average molecular weight is 273 g/mol. The van der Waals surface area contributed by atoms with E-state index in [0.717, 1.165) is 11.1 Å². The Hall–Kier alpha value is -0.710. The Labute approximate surface area is 85.2 Å². The topological polar surface area (TPSA) is 29.4 Å². The molecule has 0 radical (unpaired) electrons. The molecule has 1 aromatic carbocycles. The Balaban J connectivity index is 2.93. The third kappa shape index (κ3) is 2.41. The molecule has 3 heteroatoms. The molecule has 0 aromatic heterocycles. The Kier molecular flexibility index (Phi) is 3.40. The summed E-state index contributed by atoms with van der Waals surface area (Å²) in [4.78, 5) is 10.9. The highest BCUT2D eigenvalue weighted by molar-refractivity contribution is 14.1. The molecule has 0 fully saturated rings. The molecule has 0 atom stereocenters. The van der Waals surface area contributed by atoms with Gasteiger partial charge in [0.15, 0.2) is 5.78 Å². The Bertz CT molecular complexity index is 303. The summed E-state index contributed by atoms with van der Waals surface area (Å²) in [5, 5.41) is 0. The summed E-state index contributed by atoms with van der Waals surface area (Å²) < 4.78 is 3.84. The standard InChI is InChI=1S/C9H8INO/c1-7(12)9-4-2-8(3-5-9)6-11-10/h2-6H,1H3/b11-6+. The van der Waals surface area contributed by atoms with Crippen LogP contribution in [0.2, 0.25) is 0 Å². The zero-order valence-electron chi connectivity index (χ0n) is 6.62. The van der Waals surface area contributed by atoms with Crippen molar-refractivity contribution in [3.8, 4) is 0 Å². The number of rotatable bonds is 2. The van der Waals surface area contributed by atoms with Gasteiger partial charge in [0.05, 0.1) is 22.9 Å². The van der Waals surface area contributed by atoms with Gasteiger partial charge in [0.2, 0.25) is 0 Å². The second kappa shape index (κ2) is 4.35. The molecule has 0 N–H and O–H groups in total. The zero-order chi connectivity index (χ0) is 8.97. The number of Topliss-reactive ketones (excluding diaryl/α,β-unsaturated/α-hetero) is 1. The van der Waals surface area contributed by atoms with Crippen molar-refractivity contribution in [1.82, 2.24) is 0 Å². The van der Waals surface area contributed by atoms with Gasteiger partial charge in [-0.1, -0.05) is 24.3 Å². The van der Waals surface area contributed by atoms with Crippen molar-refractivity contribution in [2.24, 2.45) is 3.21 Å². The summed E-state index contributed by atoms with van der Waals surface area (Å²) in [7, 11) is 0. The van der Waals surface area contributed by atoms with Crippen LogP contribution in [0.3, 0.4) is 0 Å². The summed E-state index contributed by atoms with van der Waals surface area (Å²) >= 11 is 1.92. The predicted molar refractivity (Wildman–Crippen MR) is 58.1 cm³/mol. The van der Waals surface area contributed by atoms with E-state index in [1.54, 1.807) is 25.3 Å². The number of hydrogen-bond acceptors (Lipinski definition) is 2. The molecule has 0 saturated heterocycles. The molecular weight excluding hydrogens is 265 g/mol. The molecule has 0 bridgehead atoms. The van der Waals surface area contributed by atoms with Gasteiger partial charge in [0.1, 0.15) is 0 Å². The highest BCUT2D eigenvalue weighted by Crippen LogP contribution is 2.03. The minimum atomic E-state index is 0.0907. The third-order valence-electron chi connectivity index (χ3n) is 1.52. The lowest BCUT2D eigenvalue weighted by molar-refractivity contribution is 0.101. The first-order chi connectivity index (χ1) is 5.74. The predicted octanol–water partition coefficient (Wildman–Crippen LogP) is 2.66. The summed E-state index contributed by atoms with van der Waals surface area (Å²) in [5.41, 5.74) is 1.75. The van der Waals surface area contributed by atoms with Crippen LogP contribution in [0.1, 0.15) is 22.8 Å². The van der Waals surface area contributed by atoms with Crippen LogP contribution in [-0.2, 0) is 0 Å². The van der Waals surface area contributed by atoms with E-state index in [0.29, 0.717) is 0 Å². The van der Waals surface area contributed by atoms with Crippen LogP contribution in [0.25, 0.3) is 0 Å². The van der Waals surface area contributed by atoms with Gasteiger partial charge in [0, 0.05) is 11.8 Å². The highest BCUT2D eigenvalue weighted by Gasteiger charge is 1.96. The number of carbonyl (C=O) groups excluding carboxylic acids is 1. The maximum Gasteiger partial charge on any atom is 0.159 e. The summed E-state index contributed by atoms with van der Waals surface area (Å²) in [6.07, 6.45) is 1.74. The van der Waals surface area contributed by atoms with Gasteiger partial charge in [-0.3, -0.25) is 4.79 Å². The van der Waals surface area contributed by atoms with Crippen LogP contribution in [0.5, 0.6) is 0 Å². The summed E-state index contributed by atoms with van der Waals surface area (Å²) in [5.74, 6) is 0.0907. The molecule has 0 amide bonds. The first-order valence-electron chi connectivity index (χ1n) is 3.49. The third-order valence-corrected chi connectivity index (χ3v) is 1.79. The number of ketones is 1. The van der Waals surface area contributed by atoms with Gasteiger partial charge >= 0.3 is 0 Å². The van der Waals surface area contributed by atoms with Crippen LogP contribution in [0.4, 0.5) is 0 Å². The molecule has 0 heterocycles. The van der Waals surface area contributed by atoms with Crippen molar-refractivity contribution >= 4 is 34.9 Å². The minimum Gasteiger partial charge on any atom is -0.295 e. The Morgan fingerprint density at radius 1 is 1.42 bits per heavy atom. The summed E-state index contributed by atoms with van der Waals surface area (Å²) in [6, 6.07) is 7.35. The smallest absolute Gasteiger partial charge is 0.159 e. The normalized spacial score (nSPS) is 10.5. The van der Waals surface area contributed by atoms with Crippen molar-refractivity contribution < 1.29 is 4.79 Å². The van der Waals surface area contributed by atoms with E-state index in [2.05, 4.69) is 3.21 Å². The van der Waals surface area contributed by atoms with Crippen LogP contribution in [0.15, 0.2) is 27.5 Å². The van der Waals surface area contributed by atoms with Gasteiger partial charge in [0.25, 0.3) is 0 Å². The molecule has 1 rings (SSSR count).